The second kappa shape index (κ2) is 12.7. The average Bonchev–Trinajstić information content (AvgIpc) is 3.15. The molecular weight excluding hydrogens is 536 g/mol. The first-order valence-electron chi connectivity index (χ1n) is 15.4. The Morgan fingerprint density at radius 1 is 0.907 bits per heavy atom. The molecule has 0 unspecified atom stereocenters. The van der Waals surface area contributed by atoms with Crippen LogP contribution in [0.1, 0.15) is 94.9 Å². The van der Waals surface area contributed by atoms with Crippen LogP contribution in [0.5, 0.6) is 11.5 Å². The van der Waals surface area contributed by atoms with Gasteiger partial charge in [-0.1, -0.05) is 83.0 Å². The number of hydrogen-bond acceptors (Lipinski definition) is 5. The molecule has 0 spiro atoms. The summed E-state index contributed by atoms with van der Waals surface area (Å²) in [5.74, 6) is 1.26. The van der Waals surface area contributed by atoms with Gasteiger partial charge in [0.2, 0.25) is 5.91 Å². The van der Waals surface area contributed by atoms with Crippen LogP contribution in [0.25, 0.3) is 0 Å². The third-order valence-electron chi connectivity index (χ3n) is 8.72. The largest absolute Gasteiger partial charge is 0.493 e. The van der Waals surface area contributed by atoms with Crippen molar-refractivity contribution in [3.05, 3.63) is 94.7 Å². The SMILES string of the molecule is CCCCCC(=O)N1c2ccccc2NC2=C(C(=O)C[C@H](c3ccc(C(C)(C)C)cc3)C2)[C@H]1c1ccc(OC)c(OC)c1. The van der Waals surface area contributed by atoms with E-state index >= 15 is 0 Å². The molecule has 2 aliphatic rings. The molecule has 3 aromatic rings. The van der Waals surface area contributed by atoms with Gasteiger partial charge in [0.15, 0.2) is 17.3 Å². The van der Waals surface area contributed by atoms with Crippen LogP contribution < -0.4 is 19.7 Å². The van der Waals surface area contributed by atoms with Gasteiger partial charge in [-0.15, -0.1) is 0 Å². The molecule has 0 saturated heterocycles. The fourth-order valence-electron chi connectivity index (χ4n) is 6.34. The Morgan fingerprint density at radius 2 is 1.60 bits per heavy atom. The Kier molecular flexibility index (Phi) is 8.95. The number of rotatable bonds is 8. The summed E-state index contributed by atoms with van der Waals surface area (Å²) in [5, 5.41) is 3.64. The topological polar surface area (TPSA) is 67.9 Å². The molecule has 2 atom stereocenters. The molecule has 1 aliphatic heterocycles. The van der Waals surface area contributed by atoms with E-state index in [1.807, 2.05) is 47.4 Å². The Hall–Kier alpha value is -4.06. The molecular formula is C37H44N2O4. The number of unbranched alkanes of at least 4 members (excludes halogenated alkanes) is 2. The summed E-state index contributed by atoms with van der Waals surface area (Å²) in [6, 6.07) is 21.7. The molecule has 1 N–H and O–H groups in total. The Labute approximate surface area is 256 Å². The first-order chi connectivity index (χ1) is 20.7. The van der Waals surface area contributed by atoms with Crippen molar-refractivity contribution in [1.82, 2.24) is 0 Å². The average molecular weight is 581 g/mol. The number of nitrogens with zero attached hydrogens (tertiary/aromatic N) is 1. The van der Waals surface area contributed by atoms with E-state index in [0.29, 0.717) is 36.3 Å². The Bertz CT molecular complexity index is 1520. The molecule has 0 bridgehead atoms. The molecule has 5 rings (SSSR count). The van der Waals surface area contributed by atoms with Gasteiger partial charge in [0.1, 0.15) is 0 Å². The molecule has 1 amide bonds. The van der Waals surface area contributed by atoms with Gasteiger partial charge in [0, 0.05) is 24.1 Å². The number of benzene rings is 3. The van der Waals surface area contributed by atoms with Crippen molar-refractivity contribution < 1.29 is 19.1 Å². The zero-order chi connectivity index (χ0) is 30.7. The number of methoxy groups -OCH3 is 2. The fourth-order valence-corrected chi connectivity index (χ4v) is 6.34. The second-order valence-electron chi connectivity index (χ2n) is 12.7. The third-order valence-corrected chi connectivity index (χ3v) is 8.72. The van der Waals surface area contributed by atoms with Crippen LogP contribution in [0.4, 0.5) is 11.4 Å². The van der Waals surface area contributed by atoms with Crippen LogP contribution >= 0.6 is 0 Å². The van der Waals surface area contributed by atoms with Crippen molar-refractivity contribution in [2.24, 2.45) is 0 Å². The number of anilines is 2. The first kappa shape index (κ1) is 30.4. The normalized spacial score (nSPS) is 18.4. The summed E-state index contributed by atoms with van der Waals surface area (Å²) in [6.07, 6.45) is 4.26. The highest BCUT2D eigenvalue weighted by Gasteiger charge is 2.41. The molecule has 6 nitrogen and oxygen atoms in total. The lowest BCUT2D eigenvalue weighted by Gasteiger charge is -2.35. The number of Topliss-reactive ketones (excluding diaryl/α,β-unsaturated/α-hetero) is 1. The molecule has 0 saturated carbocycles. The van der Waals surface area contributed by atoms with Crippen LogP contribution in [-0.4, -0.2) is 25.9 Å². The van der Waals surface area contributed by atoms with E-state index < -0.39 is 6.04 Å². The van der Waals surface area contributed by atoms with Gasteiger partial charge in [-0.05, 0) is 65.1 Å². The lowest BCUT2D eigenvalue weighted by molar-refractivity contribution is -0.119. The van der Waals surface area contributed by atoms with Crippen molar-refractivity contribution in [2.45, 2.75) is 83.6 Å². The molecule has 0 radical (unpaired) electrons. The van der Waals surface area contributed by atoms with Gasteiger partial charge < -0.3 is 14.8 Å². The lowest BCUT2D eigenvalue weighted by atomic mass is 9.77. The Morgan fingerprint density at radius 3 is 2.28 bits per heavy atom. The maximum Gasteiger partial charge on any atom is 0.227 e. The predicted octanol–water partition coefficient (Wildman–Crippen LogP) is 8.48. The van der Waals surface area contributed by atoms with Gasteiger partial charge in [0.05, 0.1) is 31.6 Å². The number of amides is 1. The lowest BCUT2D eigenvalue weighted by Crippen LogP contribution is -2.38. The third kappa shape index (κ3) is 6.20. The molecule has 0 fully saturated rings. The van der Waals surface area contributed by atoms with Crippen LogP contribution in [0.2, 0.25) is 0 Å². The highest BCUT2D eigenvalue weighted by Crippen LogP contribution is 2.48. The van der Waals surface area contributed by atoms with Crippen LogP contribution in [-0.2, 0) is 15.0 Å². The maximum absolute atomic E-state index is 14.3. The predicted molar refractivity (Wildman–Crippen MR) is 173 cm³/mol. The molecule has 226 valence electrons. The summed E-state index contributed by atoms with van der Waals surface area (Å²) in [4.78, 5) is 30.3. The number of ether oxygens (including phenoxy) is 2. The minimum absolute atomic E-state index is 0.00364. The molecule has 3 aromatic carbocycles. The van der Waals surface area contributed by atoms with E-state index in [1.165, 1.54) is 5.56 Å². The van der Waals surface area contributed by atoms with Gasteiger partial charge in [0.25, 0.3) is 0 Å². The number of ketones is 1. The van der Waals surface area contributed by atoms with Gasteiger partial charge in [-0.2, -0.15) is 0 Å². The van der Waals surface area contributed by atoms with Crippen molar-refractivity contribution in [1.29, 1.82) is 0 Å². The number of para-hydroxylation sites is 2. The van der Waals surface area contributed by atoms with Crippen molar-refractivity contribution in [3.8, 4) is 11.5 Å². The highest BCUT2D eigenvalue weighted by atomic mass is 16.5. The number of carbonyl (C=O) groups is 2. The van der Waals surface area contributed by atoms with Crippen LogP contribution in [0, 0.1) is 0 Å². The fraction of sp³-hybridized carbons (Fsp3) is 0.405. The van der Waals surface area contributed by atoms with Gasteiger partial charge in [-0.3, -0.25) is 14.5 Å². The Balaban J connectivity index is 1.65. The molecule has 1 aliphatic carbocycles. The van der Waals surface area contributed by atoms with Crippen LogP contribution in [0.3, 0.4) is 0 Å². The standard InChI is InChI=1S/C37H44N2O4/c1-7-8-9-14-34(41)39-30-13-11-10-12-28(30)38-29-21-26(24-15-18-27(19-16-24)37(2,3)4)22-31(40)35(29)36(39)25-17-20-32(42-5)33(23-25)43-6/h10-13,15-20,23,26,36,38H,7-9,14,21-22H2,1-6H3/t26-,36-/m1/s1. The number of allylic oxidation sites excluding steroid dienone is 1. The van der Waals surface area contributed by atoms with E-state index in [-0.39, 0.29) is 23.0 Å². The molecule has 1 heterocycles. The van der Waals surface area contributed by atoms with Crippen molar-refractivity contribution >= 4 is 23.1 Å². The minimum atomic E-state index is -0.600. The maximum atomic E-state index is 14.3. The van der Waals surface area contributed by atoms with E-state index in [0.717, 1.165) is 47.5 Å². The number of nitrogens with one attached hydrogen (secondary N) is 1. The summed E-state index contributed by atoms with van der Waals surface area (Å²) in [5.41, 5.74) is 6.42. The van der Waals surface area contributed by atoms with Gasteiger partial charge in [-0.25, -0.2) is 0 Å². The monoisotopic (exact) mass is 580 g/mol. The molecule has 0 aromatic heterocycles. The highest BCUT2D eigenvalue weighted by molar-refractivity contribution is 6.06. The second-order valence-corrected chi connectivity index (χ2v) is 12.7. The smallest absolute Gasteiger partial charge is 0.227 e. The summed E-state index contributed by atoms with van der Waals surface area (Å²) < 4.78 is 11.2. The quantitative estimate of drug-likeness (QED) is 0.271. The summed E-state index contributed by atoms with van der Waals surface area (Å²) in [6.45, 7) is 8.76. The van der Waals surface area contributed by atoms with E-state index in [4.69, 9.17) is 9.47 Å². The zero-order valence-electron chi connectivity index (χ0n) is 26.3. The zero-order valence-corrected chi connectivity index (χ0v) is 26.3. The van der Waals surface area contributed by atoms with Crippen molar-refractivity contribution in [2.75, 3.05) is 24.4 Å². The minimum Gasteiger partial charge on any atom is -0.493 e. The van der Waals surface area contributed by atoms with Crippen LogP contribution in [0.15, 0.2) is 78.0 Å². The van der Waals surface area contributed by atoms with E-state index in [9.17, 15) is 9.59 Å². The summed E-state index contributed by atoms with van der Waals surface area (Å²) >= 11 is 0. The number of hydrogen-bond donors (Lipinski definition) is 1. The molecule has 43 heavy (non-hydrogen) atoms. The van der Waals surface area contributed by atoms with Gasteiger partial charge >= 0.3 is 0 Å². The number of carbonyl (C=O) groups excluding carboxylic acids is 2. The molecule has 6 heteroatoms. The van der Waals surface area contributed by atoms with E-state index in [2.05, 4.69) is 57.3 Å². The van der Waals surface area contributed by atoms with E-state index in [1.54, 1.807) is 14.2 Å². The van der Waals surface area contributed by atoms with Crippen molar-refractivity contribution in [3.63, 3.8) is 0 Å². The summed E-state index contributed by atoms with van der Waals surface area (Å²) in [7, 11) is 3.21. The first-order valence-corrected chi connectivity index (χ1v) is 15.4. The number of fused-ring (bicyclic) bond motifs is 1.